The van der Waals surface area contributed by atoms with Crippen LogP contribution in [0.4, 0.5) is 11.4 Å². The summed E-state index contributed by atoms with van der Waals surface area (Å²) >= 11 is 0. The molecule has 0 aliphatic carbocycles. The topological polar surface area (TPSA) is 35.9 Å². The number of benzene rings is 3. The summed E-state index contributed by atoms with van der Waals surface area (Å²) < 4.78 is 0. The normalized spacial score (nSPS) is 13.9. The van der Waals surface area contributed by atoms with Crippen LogP contribution in [0.3, 0.4) is 0 Å². The lowest BCUT2D eigenvalue weighted by molar-refractivity contribution is -0.118. The number of nitrogens with zero attached hydrogens (tertiary/aromatic N) is 3. The maximum Gasteiger partial charge on any atom is 0.229 e. The van der Waals surface area contributed by atoms with Gasteiger partial charge >= 0.3 is 0 Å². The van der Waals surface area contributed by atoms with E-state index in [1.807, 2.05) is 37.2 Å². The first kappa shape index (κ1) is 19.9. The van der Waals surface area contributed by atoms with Crippen LogP contribution in [0.15, 0.2) is 77.8 Å². The molecule has 3 aromatic rings. The fourth-order valence-corrected chi connectivity index (χ4v) is 3.79. The third kappa shape index (κ3) is 4.13. The lowest BCUT2D eigenvalue weighted by Gasteiger charge is -2.28. The van der Waals surface area contributed by atoms with Crippen LogP contribution in [-0.2, 0) is 11.3 Å². The van der Waals surface area contributed by atoms with E-state index in [-0.39, 0.29) is 5.91 Å². The molecule has 0 aromatic heterocycles. The third-order valence-electron chi connectivity index (χ3n) is 5.44. The van der Waals surface area contributed by atoms with E-state index in [0.717, 1.165) is 39.3 Å². The Kier molecular flexibility index (Phi) is 5.66. The van der Waals surface area contributed by atoms with Gasteiger partial charge in [-0.15, -0.1) is 0 Å². The molecule has 1 aliphatic rings. The summed E-state index contributed by atoms with van der Waals surface area (Å²) in [6.45, 7) is 3.12. The molecule has 0 radical (unpaired) electrons. The van der Waals surface area contributed by atoms with E-state index in [0.29, 0.717) is 19.5 Å². The van der Waals surface area contributed by atoms with Gasteiger partial charge in [0.1, 0.15) is 0 Å². The molecule has 0 spiro atoms. The molecule has 0 unspecified atom stereocenters. The molecule has 1 heterocycles. The van der Waals surface area contributed by atoms with Gasteiger partial charge < -0.3 is 9.80 Å². The first-order valence-corrected chi connectivity index (χ1v) is 10.3. The smallest absolute Gasteiger partial charge is 0.229 e. The summed E-state index contributed by atoms with van der Waals surface area (Å²) in [7, 11) is 4.06. The molecule has 4 nitrogen and oxygen atoms in total. The SMILES string of the molecule is Cc1ccc2c(c1)C(c1ccccc1)=NCCC(=O)N2Cc1ccc(N(C)C)cc1. The fourth-order valence-electron chi connectivity index (χ4n) is 3.79. The number of aliphatic imine (C=N–C) groups is 1. The number of anilines is 2. The van der Waals surface area contributed by atoms with Crippen molar-refractivity contribution < 1.29 is 4.79 Å². The van der Waals surface area contributed by atoms with Gasteiger partial charge in [0.2, 0.25) is 5.91 Å². The molecule has 1 aliphatic heterocycles. The van der Waals surface area contributed by atoms with Gasteiger partial charge in [-0.1, -0.05) is 54.1 Å². The Labute approximate surface area is 178 Å². The van der Waals surface area contributed by atoms with Crippen LogP contribution >= 0.6 is 0 Å². The van der Waals surface area contributed by atoms with Gasteiger partial charge in [-0.3, -0.25) is 9.79 Å². The average Bonchev–Trinajstić information content (AvgIpc) is 2.75. The van der Waals surface area contributed by atoms with Crippen LogP contribution in [0.25, 0.3) is 0 Å². The standard InChI is InChI=1S/C26H27N3O/c1-19-9-14-24-23(17-19)26(21-7-5-4-6-8-21)27-16-15-25(30)29(24)18-20-10-12-22(13-11-20)28(2)3/h4-14,17H,15-16,18H2,1-3H3. The fraction of sp³-hybridized carbons (Fsp3) is 0.231. The van der Waals surface area contributed by atoms with E-state index in [9.17, 15) is 4.79 Å². The summed E-state index contributed by atoms with van der Waals surface area (Å²) in [6.07, 6.45) is 0.402. The van der Waals surface area contributed by atoms with Crippen molar-refractivity contribution in [3.05, 3.63) is 95.1 Å². The highest BCUT2D eigenvalue weighted by atomic mass is 16.2. The minimum Gasteiger partial charge on any atom is -0.378 e. The number of fused-ring (bicyclic) bond motifs is 1. The van der Waals surface area contributed by atoms with Gasteiger partial charge in [0.25, 0.3) is 0 Å². The van der Waals surface area contributed by atoms with E-state index < -0.39 is 0 Å². The molecule has 4 rings (SSSR count). The van der Waals surface area contributed by atoms with Gasteiger partial charge in [0, 0.05) is 43.9 Å². The molecule has 3 aromatic carbocycles. The molecule has 0 fully saturated rings. The van der Waals surface area contributed by atoms with Gasteiger partial charge in [-0.05, 0) is 36.8 Å². The highest BCUT2D eigenvalue weighted by Gasteiger charge is 2.24. The molecule has 152 valence electrons. The minimum absolute atomic E-state index is 0.104. The zero-order valence-electron chi connectivity index (χ0n) is 17.8. The lowest BCUT2D eigenvalue weighted by atomic mass is 9.96. The number of carbonyl (C=O) groups is 1. The molecule has 30 heavy (non-hydrogen) atoms. The van der Waals surface area contributed by atoms with Crippen LogP contribution in [-0.4, -0.2) is 32.3 Å². The van der Waals surface area contributed by atoms with E-state index >= 15 is 0 Å². The molecule has 0 atom stereocenters. The Morgan fingerprint density at radius 2 is 1.70 bits per heavy atom. The largest absolute Gasteiger partial charge is 0.378 e. The summed E-state index contributed by atoms with van der Waals surface area (Å²) in [5.41, 5.74) is 7.37. The van der Waals surface area contributed by atoms with E-state index in [4.69, 9.17) is 4.99 Å². The minimum atomic E-state index is 0.104. The number of hydrogen-bond acceptors (Lipinski definition) is 3. The Morgan fingerprint density at radius 3 is 2.40 bits per heavy atom. The number of rotatable bonds is 4. The molecule has 0 bridgehead atoms. The van der Waals surface area contributed by atoms with E-state index in [1.54, 1.807) is 0 Å². The highest BCUT2D eigenvalue weighted by molar-refractivity contribution is 6.18. The number of amides is 1. The highest BCUT2D eigenvalue weighted by Crippen LogP contribution is 2.29. The van der Waals surface area contributed by atoms with Gasteiger partial charge in [0.15, 0.2) is 0 Å². The number of aryl methyl sites for hydroxylation is 1. The van der Waals surface area contributed by atoms with Crippen molar-refractivity contribution >= 4 is 23.0 Å². The zero-order chi connectivity index (χ0) is 21.1. The van der Waals surface area contributed by atoms with Crippen LogP contribution < -0.4 is 9.80 Å². The maximum atomic E-state index is 13.1. The summed E-state index contributed by atoms with van der Waals surface area (Å²) in [5, 5.41) is 0. The van der Waals surface area contributed by atoms with Crippen LogP contribution in [0.5, 0.6) is 0 Å². The molecule has 0 saturated heterocycles. The second-order valence-electron chi connectivity index (χ2n) is 7.91. The van der Waals surface area contributed by atoms with Crippen molar-refractivity contribution in [3.63, 3.8) is 0 Å². The molecular formula is C26H27N3O. The lowest BCUT2D eigenvalue weighted by Crippen LogP contribution is -2.33. The average molecular weight is 398 g/mol. The summed E-state index contributed by atoms with van der Waals surface area (Å²) in [6, 6.07) is 24.9. The van der Waals surface area contributed by atoms with Crippen LogP contribution in [0.1, 0.15) is 28.7 Å². The van der Waals surface area contributed by atoms with Crippen molar-refractivity contribution in [2.24, 2.45) is 4.99 Å². The van der Waals surface area contributed by atoms with Crippen molar-refractivity contribution in [3.8, 4) is 0 Å². The molecule has 1 amide bonds. The third-order valence-corrected chi connectivity index (χ3v) is 5.44. The summed E-state index contributed by atoms with van der Waals surface area (Å²) in [4.78, 5) is 21.9. The maximum absolute atomic E-state index is 13.1. The molecular weight excluding hydrogens is 370 g/mol. The summed E-state index contributed by atoms with van der Waals surface area (Å²) in [5.74, 6) is 0.104. The molecule has 0 N–H and O–H groups in total. The van der Waals surface area contributed by atoms with E-state index in [2.05, 4.69) is 66.4 Å². The van der Waals surface area contributed by atoms with Crippen molar-refractivity contribution in [1.29, 1.82) is 0 Å². The monoisotopic (exact) mass is 397 g/mol. The Morgan fingerprint density at radius 1 is 0.967 bits per heavy atom. The Bertz CT molecular complexity index is 1070. The van der Waals surface area contributed by atoms with Crippen molar-refractivity contribution in [2.45, 2.75) is 19.9 Å². The first-order valence-electron chi connectivity index (χ1n) is 10.3. The van der Waals surface area contributed by atoms with Gasteiger partial charge in [-0.25, -0.2) is 0 Å². The zero-order valence-corrected chi connectivity index (χ0v) is 17.8. The Hall–Kier alpha value is -3.40. The second-order valence-corrected chi connectivity index (χ2v) is 7.91. The first-order chi connectivity index (χ1) is 14.5. The predicted molar refractivity (Wildman–Crippen MR) is 125 cm³/mol. The van der Waals surface area contributed by atoms with Gasteiger partial charge in [-0.2, -0.15) is 0 Å². The van der Waals surface area contributed by atoms with E-state index in [1.165, 1.54) is 0 Å². The number of hydrogen-bond donors (Lipinski definition) is 0. The second kappa shape index (κ2) is 8.54. The quantitative estimate of drug-likeness (QED) is 0.632. The van der Waals surface area contributed by atoms with Gasteiger partial charge in [0.05, 0.1) is 17.9 Å². The number of carbonyl (C=O) groups excluding carboxylic acids is 1. The van der Waals surface area contributed by atoms with Crippen LogP contribution in [0.2, 0.25) is 0 Å². The predicted octanol–water partition coefficient (Wildman–Crippen LogP) is 4.84. The Balaban J connectivity index is 1.77. The van der Waals surface area contributed by atoms with Crippen LogP contribution in [0, 0.1) is 6.92 Å². The molecule has 0 saturated carbocycles. The van der Waals surface area contributed by atoms with Crippen molar-refractivity contribution in [2.75, 3.05) is 30.4 Å². The molecule has 4 heteroatoms. The van der Waals surface area contributed by atoms with Crippen molar-refractivity contribution in [1.82, 2.24) is 0 Å².